The molecule has 0 aromatic heterocycles. The lowest BCUT2D eigenvalue weighted by Crippen LogP contribution is -2.38. The molecule has 24 heavy (non-hydrogen) atoms. The van der Waals surface area contributed by atoms with Gasteiger partial charge in [-0.1, -0.05) is 31.9 Å². The molecule has 1 aliphatic heterocycles. The molecule has 130 valence electrons. The lowest BCUT2D eigenvalue weighted by atomic mass is 9.76. The van der Waals surface area contributed by atoms with E-state index in [1.165, 1.54) is 5.56 Å². The second-order valence-electron chi connectivity index (χ2n) is 7.10. The first-order valence-electron chi connectivity index (χ1n) is 8.94. The van der Waals surface area contributed by atoms with Gasteiger partial charge in [0, 0.05) is 31.2 Å². The molecule has 1 aliphatic carbocycles. The van der Waals surface area contributed by atoms with E-state index in [1.807, 2.05) is 23.1 Å². The van der Waals surface area contributed by atoms with E-state index in [0.717, 1.165) is 37.8 Å². The van der Waals surface area contributed by atoms with Crippen molar-refractivity contribution >= 4 is 17.6 Å². The van der Waals surface area contributed by atoms with E-state index >= 15 is 0 Å². The van der Waals surface area contributed by atoms with Gasteiger partial charge in [-0.05, 0) is 37.0 Å². The van der Waals surface area contributed by atoms with Crippen LogP contribution >= 0.6 is 0 Å². The Morgan fingerprint density at radius 3 is 2.71 bits per heavy atom. The maximum Gasteiger partial charge on any atom is 0.321 e. The summed E-state index contributed by atoms with van der Waals surface area (Å²) >= 11 is 0. The summed E-state index contributed by atoms with van der Waals surface area (Å²) in [4.78, 5) is 26.8. The van der Waals surface area contributed by atoms with E-state index in [0.29, 0.717) is 13.1 Å². The van der Waals surface area contributed by atoms with E-state index in [-0.39, 0.29) is 23.3 Å². The Morgan fingerprint density at radius 1 is 1.29 bits per heavy atom. The average molecular weight is 329 g/mol. The van der Waals surface area contributed by atoms with E-state index in [4.69, 9.17) is 0 Å². The van der Waals surface area contributed by atoms with Gasteiger partial charge in [-0.15, -0.1) is 0 Å². The third-order valence-electron chi connectivity index (χ3n) is 5.68. The molecule has 0 unspecified atom stereocenters. The molecule has 2 fully saturated rings. The van der Waals surface area contributed by atoms with Crippen molar-refractivity contribution in [2.45, 2.75) is 39.0 Å². The molecular weight excluding hydrogens is 302 g/mol. The van der Waals surface area contributed by atoms with Crippen molar-refractivity contribution in [3.05, 3.63) is 29.8 Å². The van der Waals surface area contributed by atoms with E-state index in [9.17, 15) is 9.59 Å². The number of nitrogens with zero attached hydrogens (tertiary/aromatic N) is 1. The lowest BCUT2D eigenvalue weighted by molar-refractivity contribution is -0.127. The van der Waals surface area contributed by atoms with Crippen LogP contribution in [0.2, 0.25) is 0 Å². The molecule has 1 aromatic carbocycles. The van der Waals surface area contributed by atoms with Gasteiger partial charge in [0.25, 0.3) is 0 Å². The molecule has 2 N–H and O–H groups in total. The third-order valence-corrected chi connectivity index (χ3v) is 5.68. The molecule has 5 heteroatoms. The summed E-state index contributed by atoms with van der Waals surface area (Å²) < 4.78 is 0. The smallest absolute Gasteiger partial charge is 0.321 e. The molecule has 2 aliphatic rings. The van der Waals surface area contributed by atoms with Crippen LogP contribution in [-0.4, -0.2) is 37.0 Å². The first-order chi connectivity index (χ1) is 11.6. The van der Waals surface area contributed by atoms with Crippen molar-refractivity contribution in [1.82, 2.24) is 10.2 Å². The van der Waals surface area contributed by atoms with E-state index < -0.39 is 0 Å². The van der Waals surface area contributed by atoms with Gasteiger partial charge in [0.1, 0.15) is 0 Å². The fourth-order valence-corrected chi connectivity index (χ4v) is 4.32. The van der Waals surface area contributed by atoms with Crippen LogP contribution in [-0.2, 0) is 11.2 Å². The maximum absolute atomic E-state index is 12.7. The van der Waals surface area contributed by atoms with Gasteiger partial charge in [-0.2, -0.15) is 0 Å². The molecule has 3 rings (SSSR count). The predicted molar refractivity (Wildman–Crippen MR) is 94.9 cm³/mol. The van der Waals surface area contributed by atoms with Crippen LogP contribution in [0.3, 0.4) is 0 Å². The van der Waals surface area contributed by atoms with Crippen LogP contribution in [0.1, 0.15) is 38.2 Å². The Bertz CT molecular complexity index is 623. The number of anilines is 1. The summed E-state index contributed by atoms with van der Waals surface area (Å²) in [6.07, 6.45) is 5.33. The Labute approximate surface area is 143 Å². The molecule has 1 spiro atoms. The number of carbonyl (C=O) groups excluding carboxylic acids is 2. The summed E-state index contributed by atoms with van der Waals surface area (Å²) in [5, 5.41) is 5.78. The summed E-state index contributed by atoms with van der Waals surface area (Å²) in [7, 11) is 1.68. The topological polar surface area (TPSA) is 61.4 Å². The van der Waals surface area contributed by atoms with Crippen LogP contribution in [0.5, 0.6) is 0 Å². The molecule has 3 amide bonds. The van der Waals surface area contributed by atoms with Gasteiger partial charge in [-0.25, -0.2) is 4.79 Å². The fourth-order valence-electron chi connectivity index (χ4n) is 4.32. The number of carbonyl (C=O) groups is 2. The van der Waals surface area contributed by atoms with Crippen molar-refractivity contribution in [2.75, 3.05) is 25.5 Å². The number of benzene rings is 1. The zero-order valence-corrected chi connectivity index (χ0v) is 14.6. The number of hydrogen-bond acceptors (Lipinski definition) is 2. The maximum atomic E-state index is 12.7. The van der Waals surface area contributed by atoms with Crippen molar-refractivity contribution in [3.63, 3.8) is 0 Å². The second kappa shape index (κ2) is 6.83. The zero-order chi connectivity index (χ0) is 17.2. The molecule has 5 nitrogen and oxygen atoms in total. The predicted octanol–water partition coefficient (Wildman–Crippen LogP) is 3.02. The van der Waals surface area contributed by atoms with Crippen molar-refractivity contribution in [3.8, 4) is 0 Å². The highest BCUT2D eigenvalue weighted by molar-refractivity contribution is 5.91. The molecule has 0 radical (unpaired) electrons. The average Bonchev–Trinajstić information content (AvgIpc) is 3.22. The summed E-state index contributed by atoms with van der Waals surface area (Å²) in [5.41, 5.74) is 2.00. The van der Waals surface area contributed by atoms with E-state index in [1.54, 1.807) is 7.05 Å². The lowest BCUT2D eigenvalue weighted by Gasteiger charge is -2.28. The van der Waals surface area contributed by atoms with Crippen molar-refractivity contribution < 1.29 is 9.59 Å². The van der Waals surface area contributed by atoms with Crippen molar-refractivity contribution in [2.24, 2.45) is 11.3 Å². The molecule has 1 atom stereocenters. The van der Waals surface area contributed by atoms with Gasteiger partial charge < -0.3 is 15.5 Å². The first-order valence-corrected chi connectivity index (χ1v) is 8.94. The normalized spacial score (nSPS) is 21.9. The van der Waals surface area contributed by atoms with Gasteiger partial charge in [0.2, 0.25) is 5.91 Å². The van der Waals surface area contributed by atoms with Gasteiger partial charge in [0.05, 0.1) is 5.92 Å². The zero-order valence-electron chi connectivity index (χ0n) is 14.6. The Morgan fingerprint density at radius 2 is 2.04 bits per heavy atom. The summed E-state index contributed by atoms with van der Waals surface area (Å²) in [6.45, 7) is 3.29. The van der Waals surface area contributed by atoms with Crippen LogP contribution in [0, 0.1) is 11.3 Å². The Hall–Kier alpha value is -2.04. The monoisotopic (exact) mass is 329 g/mol. The van der Waals surface area contributed by atoms with Crippen LogP contribution in [0.25, 0.3) is 0 Å². The molecule has 1 saturated heterocycles. The second-order valence-corrected chi connectivity index (χ2v) is 7.10. The number of likely N-dealkylation sites (tertiary alicyclic amines) is 1. The van der Waals surface area contributed by atoms with Crippen molar-refractivity contribution in [1.29, 1.82) is 0 Å². The van der Waals surface area contributed by atoms with Gasteiger partial charge in [0.15, 0.2) is 0 Å². The standard InChI is InChI=1S/C19H27N3O2/c1-3-14-7-6-8-15(11-14)21-18(24)22-12-16(17(23)20-2)19(13-22)9-4-5-10-19/h6-8,11,16H,3-5,9-10,12-13H2,1-2H3,(H,20,23)(H,21,24)/t16-/m0/s1. The highest BCUT2D eigenvalue weighted by Gasteiger charge is 2.52. The Kier molecular flexibility index (Phi) is 4.78. The number of nitrogens with one attached hydrogen (secondary N) is 2. The summed E-state index contributed by atoms with van der Waals surface area (Å²) in [6, 6.07) is 7.84. The minimum Gasteiger partial charge on any atom is -0.359 e. The molecule has 1 heterocycles. The van der Waals surface area contributed by atoms with Crippen LogP contribution in [0.4, 0.5) is 10.5 Å². The van der Waals surface area contributed by atoms with E-state index in [2.05, 4.69) is 23.6 Å². The van der Waals surface area contributed by atoms with Crippen LogP contribution < -0.4 is 10.6 Å². The summed E-state index contributed by atoms with van der Waals surface area (Å²) in [5.74, 6) is -0.0158. The van der Waals surface area contributed by atoms with Gasteiger partial charge in [-0.3, -0.25) is 4.79 Å². The number of urea groups is 1. The largest absolute Gasteiger partial charge is 0.359 e. The minimum absolute atomic E-state index is 0.0251. The molecular formula is C19H27N3O2. The highest BCUT2D eigenvalue weighted by Crippen LogP contribution is 2.49. The fraction of sp³-hybridized carbons (Fsp3) is 0.579. The number of amides is 3. The Balaban J connectivity index is 1.72. The number of hydrogen-bond donors (Lipinski definition) is 2. The first kappa shape index (κ1) is 16.8. The minimum atomic E-state index is -0.0964. The van der Waals surface area contributed by atoms with Crippen LogP contribution in [0.15, 0.2) is 24.3 Å². The molecule has 0 bridgehead atoms. The number of rotatable bonds is 3. The SMILES string of the molecule is CCc1cccc(NC(=O)N2C[C@@H](C(=O)NC)C3(CCCC3)C2)c1. The molecule has 1 saturated carbocycles. The molecule has 1 aromatic rings. The quantitative estimate of drug-likeness (QED) is 0.895. The number of aryl methyl sites for hydroxylation is 1. The van der Waals surface area contributed by atoms with Gasteiger partial charge >= 0.3 is 6.03 Å². The highest BCUT2D eigenvalue weighted by atomic mass is 16.2. The third kappa shape index (κ3) is 3.12.